The van der Waals surface area contributed by atoms with Crippen LogP contribution in [0.2, 0.25) is 0 Å². The minimum absolute atomic E-state index is 0.172. The average Bonchev–Trinajstić information content (AvgIpc) is 3.25. The first-order valence-corrected chi connectivity index (χ1v) is 7.43. The molecule has 0 amide bonds. The first kappa shape index (κ1) is 13.8. The Kier molecular flexibility index (Phi) is 3.43. The second-order valence-corrected chi connectivity index (χ2v) is 5.51. The van der Waals surface area contributed by atoms with Gasteiger partial charge in [-0.25, -0.2) is 0 Å². The van der Waals surface area contributed by atoms with Crippen molar-refractivity contribution in [2.75, 3.05) is 0 Å². The quantitative estimate of drug-likeness (QED) is 0.544. The molecule has 0 atom stereocenters. The minimum atomic E-state index is 0.172. The van der Waals surface area contributed by atoms with Crippen LogP contribution in [0.25, 0.3) is 34.6 Å². The zero-order valence-electron chi connectivity index (χ0n) is 11.5. The Morgan fingerprint density at radius 1 is 0.783 bits per heavy atom. The van der Waals surface area contributed by atoms with E-state index in [-0.39, 0.29) is 11.8 Å². The van der Waals surface area contributed by atoms with Gasteiger partial charge in [-0.1, -0.05) is 38.4 Å². The van der Waals surface area contributed by atoms with Crippen molar-refractivity contribution in [3.05, 3.63) is 53.3 Å². The van der Waals surface area contributed by atoms with Crippen LogP contribution in [-0.2, 0) is 0 Å². The van der Waals surface area contributed by atoms with Crippen LogP contribution >= 0.6 is 15.9 Å². The summed E-state index contributed by atoms with van der Waals surface area (Å²) in [6, 6.07) is 11.2. The van der Waals surface area contributed by atoms with E-state index < -0.39 is 0 Å². The van der Waals surface area contributed by atoms with Crippen molar-refractivity contribution in [2.45, 2.75) is 0 Å². The van der Waals surface area contributed by atoms with Gasteiger partial charge in [0, 0.05) is 28.0 Å². The highest BCUT2D eigenvalue weighted by molar-refractivity contribution is 9.10. The normalized spacial score (nSPS) is 10.8. The molecule has 4 rings (SSSR count). The Morgan fingerprint density at radius 3 is 2.09 bits per heavy atom. The Balaban J connectivity index is 1.66. The molecule has 0 aliphatic carbocycles. The van der Waals surface area contributed by atoms with Gasteiger partial charge >= 0.3 is 11.8 Å². The number of hydrogen-bond donors (Lipinski definition) is 0. The van der Waals surface area contributed by atoms with Crippen LogP contribution in [-0.4, -0.2) is 25.3 Å². The van der Waals surface area contributed by atoms with E-state index in [1.807, 2.05) is 24.3 Å². The van der Waals surface area contributed by atoms with E-state index in [9.17, 15) is 0 Å². The molecule has 23 heavy (non-hydrogen) atoms. The molecule has 8 heteroatoms. The standard InChI is InChI=1S/C15H8BrN5O2/c16-11-3-1-2-10(8-11)13-19-15(23-21-13)14-18-12(20-22-14)9-4-6-17-7-5-9/h1-8H. The van der Waals surface area contributed by atoms with Crippen LogP contribution in [0.4, 0.5) is 0 Å². The van der Waals surface area contributed by atoms with Crippen molar-refractivity contribution in [3.8, 4) is 34.6 Å². The molecule has 7 nitrogen and oxygen atoms in total. The van der Waals surface area contributed by atoms with Crippen LogP contribution < -0.4 is 0 Å². The van der Waals surface area contributed by atoms with Crippen molar-refractivity contribution in [1.29, 1.82) is 0 Å². The Hall–Kier alpha value is -2.87. The van der Waals surface area contributed by atoms with Crippen molar-refractivity contribution in [1.82, 2.24) is 25.3 Å². The first-order chi connectivity index (χ1) is 11.3. The van der Waals surface area contributed by atoms with Crippen LogP contribution in [0.3, 0.4) is 0 Å². The fourth-order valence-corrected chi connectivity index (χ4v) is 2.38. The molecular weight excluding hydrogens is 362 g/mol. The van der Waals surface area contributed by atoms with Gasteiger partial charge in [0.05, 0.1) is 0 Å². The molecule has 3 heterocycles. The zero-order valence-corrected chi connectivity index (χ0v) is 13.1. The maximum atomic E-state index is 5.21. The van der Waals surface area contributed by atoms with E-state index >= 15 is 0 Å². The first-order valence-electron chi connectivity index (χ1n) is 6.64. The molecule has 0 aliphatic heterocycles. The molecule has 1 aromatic carbocycles. The van der Waals surface area contributed by atoms with Gasteiger partial charge in [0.2, 0.25) is 11.6 Å². The molecular formula is C15H8BrN5O2. The fourth-order valence-electron chi connectivity index (χ4n) is 1.98. The number of benzene rings is 1. The number of pyridine rings is 1. The topological polar surface area (TPSA) is 90.7 Å². The molecule has 0 bridgehead atoms. The minimum Gasteiger partial charge on any atom is -0.328 e. The second-order valence-electron chi connectivity index (χ2n) is 4.59. The van der Waals surface area contributed by atoms with Crippen LogP contribution in [0.15, 0.2) is 62.3 Å². The molecule has 0 saturated carbocycles. The molecule has 0 saturated heterocycles. The molecule has 0 spiro atoms. The van der Waals surface area contributed by atoms with Crippen molar-refractivity contribution < 1.29 is 9.05 Å². The molecule has 3 aromatic heterocycles. The van der Waals surface area contributed by atoms with E-state index in [0.717, 1.165) is 15.6 Å². The number of halogens is 1. The molecule has 4 aromatic rings. The lowest BCUT2D eigenvalue weighted by molar-refractivity contribution is 0.383. The molecule has 0 fully saturated rings. The SMILES string of the molecule is Brc1cccc(-c2noc(-c3nc(-c4ccncc4)no3)n2)c1. The summed E-state index contributed by atoms with van der Waals surface area (Å²) in [5, 5.41) is 7.85. The Morgan fingerprint density at radius 2 is 1.43 bits per heavy atom. The highest BCUT2D eigenvalue weighted by Gasteiger charge is 2.18. The fraction of sp³-hybridized carbons (Fsp3) is 0. The summed E-state index contributed by atoms with van der Waals surface area (Å²) < 4.78 is 11.3. The monoisotopic (exact) mass is 369 g/mol. The summed E-state index contributed by atoms with van der Waals surface area (Å²) in [4.78, 5) is 12.5. The number of nitrogens with zero attached hydrogens (tertiary/aromatic N) is 5. The maximum Gasteiger partial charge on any atom is 0.316 e. The van der Waals surface area contributed by atoms with Gasteiger partial charge in [0.15, 0.2) is 0 Å². The lowest BCUT2D eigenvalue weighted by Gasteiger charge is -1.93. The molecule has 0 radical (unpaired) electrons. The smallest absolute Gasteiger partial charge is 0.316 e. The predicted molar refractivity (Wildman–Crippen MR) is 84.0 cm³/mol. The maximum absolute atomic E-state index is 5.21. The Bertz CT molecular complexity index is 951. The van der Waals surface area contributed by atoms with Gasteiger partial charge in [-0.15, -0.1) is 0 Å². The summed E-state index contributed by atoms with van der Waals surface area (Å²) in [7, 11) is 0. The summed E-state index contributed by atoms with van der Waals surface area (Å²) in [5.74, 6) is 1.23. The summed E-state index contributed by atoms with van der Waals surface area (Å²) in [5.41, 5.74) is 1.62. The molecule has 0 unspecified atom stereocenters. The van der Waals surface area contributed by atoms with Gasteiger partial charge in [0.1, 0.15) is 0 Å². The second kappa shape index (κ2) is 5.73. The van der Waals surface area contributed by atoms with Crippen molar-refractivity contribution in [2.24, 2.45) is 0 Å². The summed E-state index contributed by atoms with van der Waals surface area (Å²) in [6.45, 7) is 0. The lowest BCUT2D eigenvalue weighted by atomic mass is 10.2. The van der Waals surface area contributed by atoms with Crippen molar-refractivity contribution >= 4 is 15.9 Å². The number of aromatic nitrogens is 5. The van der Waals surface area contributed by atoms with Gasteiger partial charge in [-0.05, 0) is 24.3 Å². The van der Waals surface area contributed by atoms with Gasteiger partial charge < -0.3 is 9.05 Å². The third kappa shape index (κ3) is 2.76. The van der Waals surface area contributed by atoms with E-state index in [2.05, 4.69) is 41.2 Å². The van der Waals surface area contributed by atoms with E-state index in [1.54, 1.807) is 24.5 Å². The average molecular weight is 370 g/mol. The van der Waals surface area contributed by atoms with E-state index in [0.29, 0.717) is 11.6 Å². The predicted octanol–water partition coefficient (Wildman–Crippen LogP) is 3.61. The van der Waals surface area contributed by atoms with Gasteiger partial charge in [-0.2, -0.15) is 9.97 Å². The lowest BCUT2D eigenvalue weighted by Crippen LogP contribution is -1.82. The van der Waals surface area contributed by atoms with Crippen LogP contribution in [0.5, 0.6) is 0 Å². The van der Waals surface area contributed by atoms with E-state index in [1.165, 1.54) is 0 Å². The third-order valence-electron chi connectivity index (χ3n) is 3.06. The van der Waals surface area contributed by atoms with Gasteiger partial charge in [0.25, 0.3) is 0 Å². The van der Waals surface area contributed by atoms with Crippen molar-refractivity contribution in [3.63, 3.8) is 0 Å². The highest BCUT2D eigenvalue weighted by Crippen LogP contribution is 2.24. The molecule has 112 valence electrons. The van der Waals surface area contributed by atoms with Crippen LogP contribution in [0, 0.1) is 0 Å². The summed E-state index contributed by atoms with van der Waals surface area (Å²) >= 11 is 3.41. The van der Waals surface area contributed by atoms with E-state index in [4.69, 9.17) is 9.05 Å². The van der Waals surface area contributed by atoms with Crippen LogP contribution in [0.1, 0.15) is 0 Å². The number of hydrogen-bond acceptors (Lipinski definition) is 7. The summed E-state index contributed by atoms with van der Waals surface area (Å²) in [6.07, 6.45) is 3.31. The largest absolute Gasteiger partial charge is 0.328 e. The zero-order chi connectivity index (χ0) is 15.6. The third-order valence-corrected chi connectivity index (χ3v) is 3.55. The highest BCUT2D eigenvalue weighted by atomic mass is 79.9. The molecule has 0 aliphatic rings. The molecule has 0 N–H and O–H groups in total. The Labute approximate surface area is 138 Å². The van der Waals surface area contributed by atoms with Gasteiger partial charge in [-0.3, -0.25) is 4.98 Å². The number of rotatable bonds is 3.